The van der Waals surface area contributed by atoms with E-state index in [2.05, 4.69) is 10.6 Å². The van der Waals surface area contributed by atoms with Crippen molar-refractivity contribution in [2.45, 2.75) is 32.7 Å². The van der Waals surface area contributed by atoms with E-state index in [4.69, 9.17) is 9.47 Å². The summed E-state index contributed by atoms with van der Waals surface area (Å²) in [4.78, 5) is 39.1. The first-order valence-corrected chi connectivity index (χ1v) is 10.8. The summed E-state index contributed by atoms with van der Waals surface area (Å²) in [6.07, 6.45) is 0.507. The molecular weight excluding hydrogens is 429 g/mol. The molecule has 0 fully saturated rings. The van der Waals surface area contributed by atoms with Crippen LogP contribution in [-0.4, -0.2) is 44.0 Å². The summed E-state index contributed by atoms with van der Waals surface area (Å²) in [6.45, 7) is 3.92. The van der Waals surface area contributed by atoms with Crippen LogP contribution in [0.2, 0.25) is 0 Å². The van der Waals surface area contributed by atoms with Gasteiger partial charge in [0, 0.05) is 18.7 Å². The SMILES string of the molecule is CNC(=O)C[C@H]1COc2cc(F)c(CC(C)C)cc2N1C(=O)c1ccc2c(c1)NC(=O)CO2. The van der Waals surface area contributed by atoms with Gasteiger partial charge in [0.2, 0.25) is 5.91 Å². The van der Waals surface area contributed by atoms with Gasteiger partial charge in [0.05, 0.1) is 23.8 Å². The molecule has 0 saturated carbocycles. The Morgan fingerprint density at radius 3 is 2.73 bits per heavy atom. The van der Waals surface area contributed by atoms with Gasteiger partial charge in [-0.3, -0.25) is 19.3 Å². The molecule has 3 amide bonds. The minimum absolute atomic E-state index is 0.0172. The van der Waals surface area contributed by atoms with Gasteiger partial charge < -0.3 is 20.1 Å². The molecule has 0 spiro atoms. The van der Waals surface area contributed by atoms with Crippen LogP contribution >= 0.6 is 0 Å². The van der Waals surface area contributed by atoms with Crippen molar-refractivity contribution in [1.29, 1.82) is 0 Å². The number of ether oxygens (including phenoxy) is 2. The number of anilines is 2. The summed E-state index contributed by atoms with van der Waals surface area (Å²) >= 11 is 0. The Kier molecular flexibility index (Phi) is 6.22. The van der Waals surface area contributed by atoms with Gasteiger partial charge in [-0.15, -0.1) is 0 Å². The first kappa shape index (κ1) is 22.6. The number of nitrogens with zero attached hydrogens (tertiary/aromatic N) is 1. The maximum Gasteiger partial charge on any atom is 0.262 e. The zero-order chi connectivity index (χ0) is 23.7. The molecule has 9 heteroatoms. The van der Waals surface area contributed by atoms with Crippen LogP contribution in [0.1, 0.15) is 36.2 Å². The molecule has 8 nitrogen and oxygen atoms in total. The van der Waals surface area contributed by atoms with Crippen molar-refractivity contribution >= 4 is 29.1 Å². The van der Waals surface area contributed by atoms with Crippen molar-refractivity contribution < 1.29 is 28.2 Å². The van der Waals surface area contributed by atoms with Gasteiger partial charge in [-0.2, -0.15) is 0 Å². The molecule has 0 saturated heterocycles. The highest BCUT2D eigenvalue weighted by Crippen LogP contribution is 2.39. The van der Waals surface area contributed by atoms with Crippen LogP contribution in [0, 0.1) is 11.7 Å². The summed E-state index contributed by atoms with van der Waals surface area (Å²) in [6, 6.07) is 7.09. The average molecular weight is 455 g/mol. The van der Waals surface area contributed by atoms with Crippen molar-refractivity contribution in [2.75, 3.05) is 30.5 Å². The van der Waals surface area contributed by atoms with E-state index in [1.807, 2.05) is 13.8 Å². The van der Waals surface area contributed by atoms with Gasteiger partial charge in [0.15, 0.2) is 6.61 Å². The number of rotatable bonds is 5. The largest absolute Gasteiger partial charge is 0.489 e. The fraction of sp³-hybridized carbons (Fsp3) is 0.375. The maximum atomic E-state index is 14.7. The number of nitrogens with one attached hydrogen (secondary N) is 2. The minimum Gasteiger partial charge on any atom is -0.489 e. The lowest BCUT2D eigenvalue weighted by molar-refractivity contribution is -0.121. The normalized spacial score (nSPS) is 16.8. The third kappa shape index (κ3) is 4.62. The molecular formula is C24H26FN3O5. The second-order valence-corrected chi connectivity index (χ2v) is 8.57. The second-order valence-electron chi connectivity index (χ2n) is 8.57. The van der Waals surface area contributed by atoms with Crippen molar-refractivity contribution in [3.05, 3.63) is 47.3 Å². The van der Waals surface area contributed by atoms with Gasteiger partial charge in [0.1, 0.15) is 23.9 Å². The number of hydrogen-bond acceptors (Lipinski definition) is 5. The van der Waals surface area contributed by atoms with Crippen LogP contribution in [0.4, 0.5) is 15.8 Å². The smallest absolute Gasteiger partial charge is 0.262 e. The highest BCUT2D eigenvalue weighted by molar-refractivity contribution is 6.09. The first-order valence-electron chi connectivity index (χ1n) is 10.8. The molecule has 0 aliphatic carbocycles. The number of fused-ring (bicyclic) bond motifs is 2. The summed E-state index contributed by atoms with van der Waals surface area (Å²) in [7, 11) is 1.52. The van der Waals surface area contributed by atoms with Gasteiger partial charge >= 0.3 is 0 Å². The lowest BCUT2D eigenvalue weighted by atomic mass is 9.99. The molecule has 0 unspecified atom stereocenters. The maximum absolute atomic E-state index is 14.7. The van der Waals surface area contributed by atoms with Gasteiger partial charge in [-0.05, 0) is 42.2 Å². The summed E-state index contributed by atoms with van der Waals surface area (Å²) in [5.41, 5.74) is 1.57. The molecule has 2 aliphatic heterocycles. The van der Waals surface area contributed by atoms with E-state index >= 15 is 0 Å². The highest BCUT2D eigenvalue weighted by atomic mass is 19.1. The summed E-state index contributed by atoms with van der Waals surface area (Å²) < 4.78 is 25.8. The van der Waals surface area contributed by atoms with E-state index in [0.29, 0.717) is 34.7 Å². The van der Waals surface area contributed by atoms with Crippen molar-refractivity contribution in [3.8, 4) is 11.5 Å². The minimum atomic E-state index is -0.593. The van der Waals surface area contributed by atoms with Crippen LogP contribution in [0.15, 0.2) is 30.3 Å². The molecule has 0 aromatic heterocycles. The Balaban J connectivity index is 1.77. The third-order valence-corrected chi connectivity index (χ3v) is 5.59. The molecule has 2 aromatic rings. The molecule has 0 bridgehead atoms. The lowest BCUT2D eigenvalue weighted by Crippen LogP contribution is -2.49. The Labute approximate surface area is 191 Å². The summed E-state index contributed by atoms with van der Waals surface area (Å²) in [5.74, 6) is -0.424. The second kappa shape index (κ2) is 9.09. The number of carbonyl (C=O) groups is 3. The lowest BCUT2D eigenvalue weighted by Gasteiger charge is -2.37. The number of carbonyl (C=O) groups excluding carboxylic acids is 3. The van der Waals surface area contributed by atoms with E-state index in [1.54, 1.807) is 24.3 Å². The highest BCUT2D eigenvalue weighted by Gasteiger charge is 2.35. The number of halogens is 1. The van der Waals surface area contributed by atoms with Crippen molar-refractivity contribution in [2.24, 2.45) is 5.92 Å². The zero-order valence-electron chi connectivity index (χ0n) is 18.7. The molecule has 4 rings (SSSR count). The Hall–Kier alpha value is -3.62. The number of hydrogen-bond donors (Lipinski definition) is 2. The van der Waals surface area contributed by atoms with E-state index in [0.717, 1.165) is 0 Å². The average Bonchev–Trinajstić information content (AvgIpc) is 2.78. The number of amides is 3. The molecule has 2 N–H and O–H groups in total. The van der Waals surface area contributed by atoms with Gasteiger partial charge in [0.25, 0.3) is 11.8 Å². The van der Waals surface area contributed by atoms with Gasteiger partial charge in [-0.1, -0.05) is 13.8 Å². The molecule has 2 aromatic carbocycles. The van der Waals surface area contributed by atoms with Crippen LogP contribution in [0.5, 0.6) is 11.5 Å². The predicted molar refractivity (Wildman–Crippen MR) is 120 cm³/mol. The monoisotopic (exact) mass is 455 g/mol. The molecule has 2 aliphatic rings. The fourth-order valence-electron chi connectivity index (χ4n) is 4.04. The fourth-order valence-corrected chi connectivity index (χ4v) is 4.04. The van der Waals surface area contributed by atoms with E-state index in [9.17, 15) is 18.8 Å². The molecule has 33 heavy (non-hydrogen) atoms. The van der Waals surface area contributed by atoms with Crippen molar-refractivity contribution in [1.82, 2.24) is 5.32 Å². The standard InChI is InChI=1S/C24H26FN3O5/c1-13(2)6-15-8-19-21(10-17(15)25)32-11-16(9-22(29)26-3)28(19)24(31)14-4-5-20-18(7-14)27-23(30)12-33-20/h4-5,7-8,10,13,16H,6,9,11-12H2,1-3H3,(H,26,29)(H,27,30)/t16-/m0/s1. The van der Waals surface area contributed by atoms with Crippen LogP contribution in [0.3, 0.4) is 0 Å². The van der Waals surface area contributed by atoms with Crippen LogP contribution in [0.25, 0.3) is 0 Å². The van der Waals surface area contributed by atoms with Crippen molar-refractivity contribution in [3.63, 3.8) is 0 Å². The van der Waals surface area contributed by atoms with E-state index < -0.39 is 17.8 Å². The Morgan fingerprint density at radius 2 is 2.00 bits per heavy atom. The summed E-state index contributed by atoms with van der Waals surface area (Å²) in [5, 5.41) is 5.27. The molecule has 0 radical (unpaired) electrons. The van der Waals surface area contributed by atoms with Crippen LogP contribution < -0.4 is 25.0 Å². The Morgan fingerprint density at radius 1 is 1.21 bits per heavy atom. The predicted octanol–water partition coefficient (Wildman–Crippen LogP) is 2.90. The molecule has 174 valence electrons. The molecule has 2 heterocycles. The number of benzene rings is 2. The topological polar surface area (TPSA) is 97.0 Å². The third-order valence-electron chi connectivity index (χ3n) is 5.59. The zero-order valence-corrected chi connectivity index (χ0v) is 18.7. The molecule has 1 atom stereocenters. The van der Waals surface area contributed by atoms with E-state index in [1.165, 1.54) is 18.0 Å². The first-order chi connectivity index (χ1) is 15.8. The Bertz CT molecular complexity index is 1120. The quantitative estimate of drug-likeness (QED) is 0.723. The van der Waals surface area contributed by atoms with E-state index in [-0.39, 0.29) is 43.1 Å². The van der Waals surface area contributed by atoms with Gasteiger partial charge in [-0.25, -0.2) is 4.39 Å². The van der Waals surface area contributed by atoms with Crippen LogP contribution in [-0.2, 0) is 16.0 Å².